The van der Waals surface area contributed by atoms with Crippen molar-refractivity contribution < 1.29 is 8.42 Å². The van der Waals surface area contributed by atoms with Crippen molar-refractivity contribution in [3.8, 4) is 6.07 Å². The van der Waals surface area contributed by atoms with Gasteiger partial charge in [0.25, 0.3) is 0 Å². The zero-order valence-corrected chi connectivity index (χ0v) is 7.26. The lowest BCUT2D eigenvalue weighted by molar-refractivity contribution is 0.566. The van der Waals surface area contributed by atoms with Crippen molar-refractivity contribution in [1.29, 1.82) is 5.26 Å². The molecule has 0 aromatic heterocycles. The van der Waals surface area contributed by atoms with Crippen LogP contribution in [0.2, 0.25) is 0 Å². The molecule has 0 radical (unpaired) electrons. The molecule has 2 unspecified atom stereocenters. The predicted molar refractivity (Wildman–Crippen MR) is 41.6 cm³/mol. The van der Waals surface area contributed by atoms with Crippen LogP contribution in [0.1, 0.15) is 19.8 Å². The minimum Gasteiger partial charge on any atom is -0.229 e. The maximum Gasteiger partial charge on any atom is 0.154 e. The second kappa shape index (κ2) is 2.82. The molecule has 2 atom stereocenters. The molecular formula is C7H11NO2S. The van der Waals surface area contributed by atoms with Gasteiger partial charge in [0.15, 0.2) is 9.84 Å². The van der Waals surface area contributed by atoms with Crippen LogP contribution in [0.15, 0.2) is 0 Å². The quantitative estimate of drug-likeness (QED) is 0.587. The standard InChI is InChI=1S/C7H11NO2S/c1-6(5-8)7-3-2-4-11(7,9)10/h6-7H,2-4H2,1H3. The van der Waals surface area contributed by atoms with E-state index < -0.39 is 15.1 Å². The third kappa shape index (κ3) is 1.54. The summed E-state index contributed by atoms with van der Waals surface area (Å²) in [5, 5.41) is 8.12. The van der Waals surface area contributed by atoms with Gasteiger partial charge in [0, 0.05) is 0 Å². The zero-order chi connectivity index (χ0) is 8.48. The Labute approximate surface area is 66.9 Å². The summed E-state index contributed by atoms with van der Waals surface area (Å²) in [5.74, 6) is -0.0774. The summed E-state index contributed by atoms with van der Waals surface area (Å²) in [6, 6.07) is 1.98. The molecule has 1 fully saturated rings. The number of rotatable bonds is 1. The number of nitrogens with zero attached hydrogens (tertiary/aromatic N) is 1. The fraction of sp³-hybridized carbons (Fsp3) is 0.857. The van der Waals surface area contributed by atoms with Gasteiger partial charge in [-0.2, -0.15) is 5.26 Å². The fourth-order valence-corrected chi connectivity index (χ4v) is 3.54. The van der Waals surface area contributed by atoms with Crippen molar-refractivity contribution >= 4 is 9.84 Å². The summed E-state index contributed by atoms with van der Waals surface area (Å²) < 4.78 is 22.4. The van der Waals surface area contributed by atoms with E-state index in [1.54, 1.807) is 6.92 Å². The van der Waals surface area contributed by atoms with Crippen molar-refractivity contribution in [2.24, 2.45) is 5.92 Å². The molecule has 1 aliphatic heterocycles. The summed E-state index contributed by atoms with van der Waals surface area (Å²) in [4.78, 5) is 0. The number of sulfone groups is 1. The van der Waals surface area contributed by atoms with E-state index in [2.05, 4.69) is 0 Å². The minimum atomic E-state index is -2.92. The first kappa shape index (κ1) is 8.54. The Bertz CT molecular complexity index is 275. The topological polar surface area (TPSA) is 57.9 Å². The summed E-state index contributed by atoms with van der Waals surface area (Å²) in [5.41, 5.74) is 0. The van der Waals surface area contributed by atoms with Crippen LogP contribution in [-0.2, 0) is 9.84 Å². The average molecular weight is 173 g/mol. The SMILES string of the molecule is CC(C#N)C1CCCS1(=O)=O. The van der Waals surface area contributed by atoms with Crippen LogP contribution in [0.3, 0.4) is 0 Å². The van der Waals surface area contributed by atoms with Crippen LogP contribution in [0, 0.1) is 17.2 Å². The van der Waals surface area contributed by atoms with Crippen LogP contribution in [0.4, 0.5) is 0 Å². The van der Waals surface area contributed by atoms with Crippen molar-refractivity contribution in [1.82, 2.24) is 0 Å². The predicted octanol–water partition coefficient (Wildman–Crippen LogP) is 0.723. The van der Waals surface area contributed by atoms with Gasteiger partial charge in [0.1, 0.15) is 0 Å². The van der Waals surface area contributed by atoms with Gasteiger partial charge in [-0.25, -0.2) is 8.42 Å². The highest BCUT2D eigenvalue weighted by Crippen LogP contribution is 2.25. The van der Waals surface area contributed by atoms with Crippen LogP contribution >= 0.6 is 0 Å². The van der Waals surface area contributed by atoms with Crippen molar-refractivity contribution in [3.05, 3.63) is 0 Å². The molecule has 0 saturated carbocycles. The van der Waals surface area contributed by atoms with Gasteiger partial charge in [-0.3, -0.25) is 0 Å². The van der Waals surface area contributed by atoms with E-state index in [-0.39, 0.29) is 11.7 Å². The third-order valence-corrected chi connectivity index (χ3v) is 4.56. The van der Waals surface area contributed by atoms with Crippen LogP contribution in [0.25, 0.3) is 0 Å². The molecule has 1 heterocycles. The molecule has 0 aromatic carbocycles. The second-order valence-electron chi connectivity index (χ2n) is 2.97. The maximum absolute atomic E-state index is 11.2. The Morgan fingerprint density at radius 2 is 2.27 bits per heavy atom. The van der Waals surface area contributed by atoms with Gasteiger partial charge in [0.05, 0.1) is 23.0 Å². The van der Waals surface area contributed by atoms with Crippen LogP contribution in [-0.4, -0.2) is 19.4 Å². The number of hydrogen-bond acceptors (Lipinski definition) is 3. The summed E-state index contributed by atoms with van der Waals surface area (Å²) >= 11 is 0. The molecule has 0 aliphatic carbocycles. The Kier molecular flexibility index (Phi) is 2.19. The molecule has 3 nitrogen and oxygen atoms in total. The van der Waals surface area contributed by atoms with Crippen LogP contribution < -0.4 is 0 Å². The van der Waals surface area contributed by atoms with Gasteiger partial charge in [-0.15, -0.1) is 0 Å². The molecule has 0 bridgehead atoms. The molecule has 0 aromatic rings. The molecule has 62 valence electrons. The van der Waals surface area contributed by atoms with Crippen molar-refractivity contribution in [3.63, 3.8) is 0 Å². The van der Waals surface area contributed by atoms with Crippen molar-refractivity contribution in [2.45, 2.75) is 25.0 Å². The van der Waals surface area contributed by atoms with Gasteiger partial charge < -0.3 is 0 Å². The Hall–Kier alpha value is -0.560. The first-order valence-electron chi connectivity index (χ1n) is 3.69. The first-order valence-corrected chi connectivity index (χ1v) is 5.40. The zero-order valence-electron chi connectivity index (χ0n) is 6.45. The van der Waals surface area contributed by atoms with Gasteiger partial charge in [-0.1, -0.05) is 0 Å². The number of hydrogen-bond donors (Lipinski definition) is 0. The largest absolute Gasteiger partial charge is 0.229 e. The lowest BCUT2D eigenvalue weighted by Gasteiger charge is -2.09. The lowest BCUT2D eigenvalue weighted by Crippen LogP contribution is -2.22. The summed E-state index contributed by atoms with van der Waals surface area (Å²) in [6.07, 6.45) is 1.39. The number of nitriles is 1. The molecule has 1 saturated heterocycles. The highest BCUT2D eigenvalue weighted by Gasteiger charge is 2.35. The smallest absolute Gasteiger partial charge is 0.154 e. The molecule has 4 heteroatoms. The van der Waals surface area contributed by atoms with E-state index in [1.807, 2.05) is 6.07 Å². The third-order valence-electron chi connectivity index (χ3n) is 2.14. The monoisotopic (exact) mass is 173 g/mol. The van der Waals surface area contributed by atoms with Crippen molar-refractivity contribution in [2.75, 3.05) is 5.75 Å². The molecule has 11 heavy (non-hydrogen) atoms. The normalized spacial score (nSPS) is 31.1. The maximum atomic E-state index is 11.2. The van der Waals surface area contributed by atoms with E-state index in [0.29, 0.717) is 6.42 Å². The highest BCUT2D eigenvalue weighted by atomic mass is 32.2. The molecule has 1 rings (SSSR count). The molecule has 0 spiro atoms. The first-order chi connectivity index (χ1) is 5.08. The van der Waals surface area contributed by atoms with Gasteiger partial charge in [-0.05, 0) is 19.8 Å². The molecule has 0 N–H and O–H groups in total. The Morgan fingerprint density at radius 3 is 2.64 bits per heavy atom. The Morgan fingerprint density at radius 1 is 1.64 bits per heavy atom. The lowest BCUT2D eigenvalue weighted by atomic mass is 10.1. The van der Waals surface area contributed by atoms with E-state index >= 15 is 0 Å². The summed E-state index contributed by atoms with van der Waals surface area (Å²) in [7, 11) is -2.92. The van der Waals surface area contributed by atoms with E-state index in [9.17, 15) is 8.42 Å². The molecular weight excluding hydrogens is 162 g/mol. The fourth-order valence-electron chi connectivity index (χ4n) is 1.46. The van der Waals surface area contributed by atoms with E-state index in [1.165, 1.54) is 0 Å². The highest BCUT2D eigenvalue weighted by molar-refractivity contribution is 7.92. The van der Waals surface area contributed by atoms with E-state index in [4.69, 9.17) is 5.26 Å². The minimum absolute atomic E-state index is 0.268. The van der Waals surface area contributed by atoms with Gasteiger partial charge in [0.2, 0.25) is 0 Å². The second-order valence-corrected chi connectivity index (χ2v) is 5.30. The van der Waals surface area contributed by atoms with E-state index in [0.717, 1.165) is 6.42 Å². The van der Waals surface area contributed by atoms with Crippen LogP contribution in [0.5, 0.6) is 0 Å². The summed E-state index contributed by atoms with van der Waals surface area (Å²) in [6.45, 7) is 1.67. The molecule has 1 aliphatic rings. The molecule has 0 amide bonds. The van der Waals surface area contributed by atoms with Gasteiger partial charge >= 0.3 is 0 Å². The average Bonchev–Trinajstić information content (AvgIpc) is 2.28. The Balaban J connectivity index is 2.83.